The summed E-state index contributed by atoms with van der Waals surface area (Å²) in [7, 11) is 3.09. The maximum atomic E-state index is 13.1. The number of amides is 2. The number of methoxy groups -OCH3 is 2. The predicted molar refractivity (Wildman–Crippen MR) is 120 cm³/mol. The van der Waals surface area contributed by atoms with E-state index in [9.17, 15) is 9.59 Å². The summed E-state index contributed by atoms with van der Waals surface area (Å²) in [6.45, 7) is 7.57. The topological polar surface area (TPSA) is 77.1 Å². The van der Waals surface area contributed by atoms with Gasteiger partial charge in [-0.3, -0.25) is 9.59 Å². The fourth-order valence-electron chi connectivity index (χ4n) is 3.09. The van der Waals surface area contributed by atoms with Crippen LogP contribution in [0.2, 0.25) is 0 Å². The van der Waals surface area contributed by atoms with Crippen molar-refractivity contribution in [1.29, 1.82) is 0 Å². The van der Waals surface area contributed by atoms with E-state index >= 15 is 0 Å². The third-order valence-corrected chi connectivity index (χ3v) is 4.72. The summed E-state index contributed by atoms with van der Waals surface area (Å²) in [5.74, 6) is 1.05. The second kappa shape index (κ2) is 11.2. The minimum absolute atomic E-state index is 0.0219. The van der Waals surface area contributed by atoms with Gasteiger partial charge in [0.1, 0.15) is 23.3 Å². The Morgan fingerprint density at radius 2 is 1.58 bits per heavy atom. The predicted octanol–water partition coefficient (Wildman–Crippen LogP) is 3.33. The number of carbonyl (C=O) groups is 2. The van der Waals surface area contributed by atoms with E-state index in [2.05, 4.69) is 5.32 Å². The van der Waals surface area contributed by atoms with Gasteiger partial charge in [-0.05, 0) is 33.3 Å². The summed E-state index contributed by atoms with van der Waals surface area (Å²) in [5.41, 5.74) is 2.03. The average molecular weight is 429 g/mol. The van der Waals surface area contributed by atoms with Crippen LogP contribution in [0.25, 0.3) is 0 Å². The van der Waals surface area contributed by atoms with Gasteiger partial charge in [0.15, 0.2) is 6.61 Å². The minimum Gasteiger partial charge on any atom is -0.496 e. The molecule has 0 aliphatic carbocycles. The average Bonchev–Trinajstić information content (AvgIpc) is 2.74. The molecule has 0 bridgehead atoms. The first-order valence-corrected chi connectivity index (χ1v) is 10.2. The fraction of sp³-hybridized carbons (Fsp3) is 0.417. The van der Waals surface area contributed by atoms with Gasteiger partial charge in [0, 0.05) is 30.8 Å². The van der Waals surface area contributed by atoms with E-state index in [1.54, 1.807) is 39.3 Å². The molecule has 0 saturated heterocycles. The molecular formula is C24H32N2O5. The fourth-order valence-corrected chi connectivity index (χ4v) is 3.09. The molecule has 0 aromatic heterocycles. The first-order chi connectivity index (χ1) is 14.7. The Hall–Kier alpha value is -3.22. The number of hydrogen-bond acceptors (Lipinski definition) is 5. The number of carbonyl (C=O) groups excluding carboxylic acids is 2. The summed E-state index contributed by atoms with van der Waals surface area (Å²) >= 11 is 0. The molecule has 31 heavy (non-hydrogen) atoms. The number of aryl methyl sites for hydroxylation is 1. The summed E-state index contributed by atoms with van der Waals surface area (Å²) in [4.78, 5) is 27.3. The zero-order valence-corrected chi connectivity index (χ0v) is 19.1. The summed E-state index contributed by atoms with van der Waals surface area (Å²) in [6, 6.07) is 12.3. The molecule has 2 aromatic carbocycles. The number of nitrogens with one attached hydrogen (secondary N) is 1. The van der Waals surface area contributed by atoms with E-state index in [4.69, 9.17) is 14.2 Å². The molecule has 168 valence electrons. The highest BCUT2D eigenvalue weighted by molar-refractivity contribution is 5.88. The standard InChI is InChI=1S/C24H32N2O5/c1-16(2)25-24(28)18(4)26(14-19-9-7-8-17(3)10-19)23(27)15-31-22-12-20(29-5)11-21(13-22)30-6/h7-13,16,18H,14-15H2,1-6H3,(H,25,28)/t18-/m1/s1. The molecule has 1 atom stereocenters. The van der Waals surface area contributed by atoms with Gasteiger partial charge >= 0.3 is 0 Å². The Kier molecular flexibility index (Phi) is 8.73. The Balaban J connectivity index is 2.19. The maximum absolute atomic E-state index is 13.1. The van der Waals surface area contributed by atoms with Crippen LogP contribution >= 0.6 is 0 Å². The molecule has 0 spiro atoms. The van der Waals surface area contributed by atoms with Gasteiger partial charge < -0.3 is 24.4 Å². The highest BCUT2D eigenvalue weighted by Crippen LogP contribution is 2.27. The summed E-state index contributed by atoms with van der Waals surface area (Å²) < 4.78 is 16.2. The molecule has 0 fully saturated rings. The van der Waals surface area contributed by atoms with Gasteiger partial charge in [-0.15, -0.1) is 0 Å². The molecule has 0 aliphatic heterocycles. The molecule has 2 rings (SSSR count). The van der Waals surface area contributed by atoms with E-state index in [1.165, 1.54) is 4.90 Å². The number of nitrogens with zero attached hydrogens (tertiary/aromatic N) is 1. The molecule has 0 saturated carbocycles. The van der Waals surface area contributed by atoms with Crippen molar-refractivity contribution in [3.8, 4) is 17.2 Å². The lowest BCUT2D eigenvalue weighted by Crippen LogP contribution is -2.50. The molecule has 1 N–H and O–H groups in total. The SMILES string of the molecule is COc1cc(OC)cc(OCC(=O)N(Cc2cccc(C)c2)[C@H](C)C(=O)NC(C)C)c1. The van der Waals surface area contributed by atoms with Crippen molar-refractivity contribution in [2.75, 3.05) is 20.8 Å². The molecule has 0 aliphatic rings. The lowest BCUT2D eigenvalue weighted by atomic mass is 10.1. The highest BCUT2D eigenvalue weighted by Gasteiger charge is 2.27. The van der Waals surface area contributed by atoms with Gasteiger partial charge in [0.05, 0.1) is 14.2 Å². The van der Waals surface area contributed by atoms with Crippen LogP contribution in [-0.2, 0) is 16.1 Å². The van der Waals surface area contributed by atoms with Crippen LogP contribution in [0.5, 0.6) is 17.2 Å². The molecule has 7 nitrogen and oxygen atoms in total. The zero-order valence-electron chi connectivity index (χ0n) is 19.1. The first-order valence-electron chi connectivity index (χ1n) is 10.2. The second-order valence-corrected chi connectivity index (χ2v) is 7.69. The van der Waals surface area contributed by atoms with Crippen LogP contribution < -0.4 is 19.5 Å². The minimum atomic E-state index is -0.654. The van der Waals surface area contributed by atoms with Crippen molar-refractivity contribution in [1.82, 2.24) is 10.2 Å². The summed E-state index contributed by atoms with van der Waals surface area (Å²) in [6.07, 6.45) is 0. The lowest BCUT2D eigenvalue weighted by molar-refractivity contribution is -0.142. The first kappa shape index (κ1) is 24.1. The van der Waals surface area contributed by atoms with Gasteiger partial charge in [-0.2, -0.15) is 0 Å². The number of ether oxygens (including phenoxy) is 3. The second-order valence-electron chi connectivity index (χ2n) is 7.69. The molecule has 2 amide bonds. The smallest absolute Gasteiger partial charge is 0.261 e. The van der Waals surface area contributed by atoms with E-state index in [1.807, 2.05) is 45.0 Å². The molecule has 0 radical (unpaired) electrons. The van der Waals surface area contributed by atoms with Crippen molar-refractivity contribution < 1.29 is 23.8 Å². The van der Waals surface area contributed by atoms with Crippen LogP contribution in [-0.4, -0.2) is 49.6 Å². The molecular weight excluding hydrogens is 396 g/mol. The van der Waals surface area contributed by atoms with Crippen LogP contribution in [0.3, 0.4) is 0 Å². The zero-order chi connectivity index (χ0) is 23.0. The lowest BCUT2D eigenvalue weighted by Gasteiger charge is -2.29. The number of hydrogen-bond donors (Lipinski definition) is 1. The third kappa shape index (κ3) is 7.20. The largest absolute Gasteiger partial charge is 0.496 e. The molecule has 7 heteroatoms. The summed E-state index contributed by atoms with van der Waals surface area (Å²) in [5, 5.41) is 2.87. The number of rotatable bonds is 10. The Morgan fingerprint density at radius 1 is 0.968 bits per heavy atom. The van der Waals surface area contributed by atoms with Crippen LogP contribution in [0.15, 0.2) is 42.5 Å². The van der Waals surface area contributed by atoms with Crippen molar-refractivity contribution in [2.45, 2.75) is 46.3 Å². The quantitative estimate of drug-likeness (QED) is 0.628. The van der Waals surface area contributed by atoms with Gasteiger partial charge in [0.25, 0.3) is 5.91 Å². The normalized spacial score (nSPS) is 11.6. The van der Waals surface area contributed by atoms with E-state index in [-0.39, 0.29) is 24.5 Å². The number of benzene rings is 2. The van der Waals surface area contributed by atoms with Crippen LogP contribution in [0, 0.1) is 6.92 Å². The van der Waals surface area contributed by atoms with Crippen molar-refractivity contribution in [2.24, 2.45) is 0 Å². The molecule has 2 aromatic rings. The Bertz CT molecular complexity index is 875. The van der Waals surface area contributed by atoms with Gasteiger partial charge in [0.2, 0.25) is 5.91 Å². The molecule has 0 unspecified atom stereocenters. The van der Waals surface area contributed by atoms with Crippen molar-refractivity contribution in [3.63, 3.8) is 0 Å². The Labute approximate surface area is 184 Å². The van der Waals surface area contributed by atoms with Crippen LogP contribution in [0.1, 0.15) is 31.9 Å². The van der Waals surface area contributed by atoms with E-state index < -0.39 is 6.04 Å². The maximum Gasteiger partial charge on any atom is 0.261 e. The van der Waals surface area contributed by atoms with E-state index in [0.29, 0.717) is 23.8 Å². The monoisotopic (exact) mass is 428 g/mol. The van der Waals surface area contributed by atoms with Gasteiger partial charge in [-0.25, -0.2) is 0 Å². The molecule has 0 heterocycles. The third-order valence-electron chi connectivity index (χ3n) is 4.72. The van der Waals surface area contributed by atoms with E-state index in [0.717, 1.165) is 11.1 Å². The van der Waals surface area contributed by atoms with Crippen molar-refractivity contribution >= 4 is 11.8 Å². The Morgan fingerprint density at radius 3 is 2.13 bits per heavy atom. The van der Waals surface area contributed by atoms with Crippen LogP contribution in [0.4, 0.5) is 0 Å². The highest BCUT2D eigenvalue weighted by atomic mass is 16.5. The van der Waals surface area contributed by atoms with Crippen molar-refractivity contribution in [3.05, 3.63) is 53.6 Å². The van der Waals surface area contributed by atoms with Gasteiger partial charge in [-0.1, -0.05) is 29.8 Å².